The maximum Gasteiger partial charge on any atom is 0.230 e. The third kappa shape index (κ3) is 3.97. The predicted molar refractivity (Wildman–Crippen MR) is 93.5 cm³/mol. The van der Waals surface area contributed by atoms with Gasteiger partial charge in [0.25, 0.3) is 0 Å². The van der Waals surface area contributed by atoms with E-state index in [0.717, 1.165) is 22.4 Å². The zero-order valence-electron chi connectivity index (χ0n) is 14.0. The molecule has 0 aliphatic carbocycles. The second-order valence-electron chi connectivity index (χ2n) is 6.31. The summed E-state index contributed by atoms with van der Waals surface area (Å²) in [6.45, 7) is 9.74. The van der Waals surface area contributed by atoms with E-state index in [2.05, 4.69) is 16.9 Å². The molecule has 0 aliphatic rings. The van der Waals surface area contributed by atoms with Crippen molar-refractivity contribution in [3.63, 3.8) is 0 Å². The third-order valence-electron chi connectivity index (χ3n) is 3.48. The summed E-state index contributed by atoms with van der Waals surface area (Å²) < 4.78 is 5.17. The van der Waals surface area contributed by atoms with Gasteiger partial charge >= 0.3 is 0 Å². The van der Waals surface area contributed by atoms with Crippen LogP contribution in [0.1, 0.15) is 31.9 Å². The Morgan fingerprint density at radius 3 is 2.39 bits per heavy atom. The van der Waals surface area contributed by atoms with Crippen molar-refractivity contribution < 1.29 is 9.53 Å². The average molecular weight is 310 g/mol. The number of hydrogen-bond acceptors (Lipinski definition) is 3. The SMILES string of the molecule is C=C(c1ccc(OC)cc1)c1cccnc1NC(=O)C(C)(C)C. The van der Waals surface area contributed by atoms with E-state index in [4.69, 9.17) is 4.74 Å². The van der Waals surface area contributed by atoms with Gasteiger partial charge in [0.05, 0.1) is 7.11 Å². The second kappa shape index (κ2) is 6.65. The van der Waals surface area contributed by atoms with Crippen LogP contribution in [0.5, 0.6) is 5.75 Å². The highest BCUT2D eigenvalue weighted by Gasteiger charge is 2.23. The van der Waals surface area contributed by atoms with Crippen LogP contribution in [0.2, 0.25) is 0 Å². The van der Waals surface area contributed by atoms with Crippen LogP contribution < -0.4 is 10.1 Å². The van der Waals surface area contributed by atoms with Crippen molar-refractivity contribution >= 4 is 17.3 Å². The van der Waals surface area contributed by atoms with E-state index in [1.807, 2.05) is 57.2 Å². The van der Waals surface area contributed by atoms with Crippen LogP contribution in [0.15, 0.2) is 49.2 Å². The first-order valence-corrected chi connectivity index (χ1v) is 7.43. The summed E-state index contributed by atoms with van der Waals surface area (Å²) in [6, 6.07) is 11.4. The molecule has 0 unspecified atom stereocenters. The van der Waals surface area contributed by atoms with E-state index >= 15 is 0 Å². The van der Waals surface area contributed by atoms with E-state index in [1.165, 1.54) is 0 Å². The number of methoxy groups -OCH3 is 1. The van der Waals surface area contributed by atoms with Crippen LogP contribution >= 0.6 is 0 Å². The van der Waals surface area contributed by atoms with Gasteiger partial charge in [-0.2, -0.15) is 0 Å². The number of anilines is 1. The van der Waals surface area contributed by atoms with Crippen molar-refractivity contribution in [2.24, 2.45) is 5.41 Å². The molecule has 4 nitrogen and oxygen atoms in total. The lowest BCUT2D eigenvalue weighted by molar-refractivity contribution is -0.123. The minimum Gasteiger partial charge on any atom is -0.497 e. The zero-order valence-corrected chi connectivity index (χ0v) is 14.0. The van der Waals surface area contributed by atoms with Gasteiger partial charge in [-0.3, -0.25) is 4.79 Å². The number of amides is 1. The fraction of sp³-hybridized carbons (Fsp3) is 0.263. The Balaban J connectivity index is 2.32. The Kier molecular flexibility index (Phi) is 4.84. The molecule has 1 heterocycles. The number of ether oxygens (including phenoxy) is 1. The van der Waals surface area contributed by atoms with Crippen molar-refractivity contribution in [1.82, 2.24) is 4.98 Å². The normalized spacial score (nSPS) is 11.0. The maximum absolute atomic E-state index is 12.2. The number of carbonyl (C=O) groups is 1. The Labute approximate surface area is 137 Å². The number of carbonyl (C=O) groups excluding carboxylic acids is 1. The van der Waals surface area contributed by atoms with Gasteiger partial charge in [-0.1, -0.05) is 39.5 Å². The van der Waals surface area contributed by atoms with Crippen LogP contribution in [-0.4, -0.2) is 18.0 Å². The summed E-state index contributed by atoms with van der Waals surface area (Å²) in [5.41, 5.74) is 2.06. The third-order valence-corrected chi connectivity index (χ3v) is 3.48. The van der Waals surface area contributed by atoms with Gasteiger partial charge < -0.3 is 10.1 Å². The number of benzene rings is 1. The standard InChI is InChI=1S/C19H22N2O2/c1-13(14-8-10-15(23-5)11-9-14)16-7-6-12-20-17(16)21-18(22)19(2,3)4/h6-12H,1H2,2-5H3,(H,20,21,22). The van der Waals surface area contributed by atoms with Crippen LogP contribution in [0.3, 0.4) is 0 Å². The van der Waals surface area contributed by atoms with Crippen molar-refractivity contribution in [3.05, 3.63) is 60.3 Å². The number of hydrogen-bond donors (Lipinski definition) is 1. The zero-order chi connectivity index (χ0) is 17.0. The number of aromatic nitrogens is 1. The van der Waals surface area contributed by atoms with Crippen LogP contribution in [-0.2, 0) is 4.79 Å². The second-order valence-corrected chi connectivity index (χ2v) is 6.31. The number of nitrogens with one attached hydrogen (secondary N) is 1. The Hall–Kier alpha value is -2.62. The smallest absolute Gasteiger partial charge is 0.230 e. The fourth-order valence-corrected chi connectivity index (χ4v) is 1.99. The van der Waals surface area contributed by atoms with E-state index < -0.39 is 5.41 Å². The van der Waals surface area contributed by atoms with Crippen LogP contribution in [0.4, 0.5) is 5.82 Å². The van der Waals surface area contributed by atoms with Gasteiger partial charge in [0, 0.05) is 17.2 Å². The van der Waals surface area contributed by atoms with Gasteiger partial charge in [0.15, 0.2) is 0 Å². The number of nitrogens with zero attached hydrogens (tertiary/aromatic N) is 1. The lowest BCUT2D eigenvalue weighted by atomic mass is 9.95. The summed E-state index contributed by atoms with van der Waals surface area (Å²) in [5, 5.41) is 2.89. The van der Waals surface area contributed by atoms with Crippen molar-refractivity contribution in [2.45, 2.75) is 20.8 Å². The highest BCUT2D eigenvalue weighted by atomic mass is 16.5. The van der Waals surface area contributed by atoms with E-state index in [0.29, 0.717) is 5.82 Å². The lowest BCUT2D eigenvalue weighted by Gasteiger charge is -2.19. The monoisotopic (exact) mass is 310 g/mol. The fourth-order valence-electron chi connectivity index (χ4n) is 1.99. The first-order valence-electron chi connectivity index (χ1n) is 7.43. The topological polar surface area (TPSA) is 51.2 Å². The molecule has 0 spiro atoms. The number of pyridine rings is 1. The molecule has 0 saturated carbocycles. The summed E-state index contributed by atoms with van der Waals surface area (Å²) in [6.07, 6.45) is 1.66. The molecule has 120 valence electrons. The van der Waals surface area contributed by atoms with E-state index in [1.54, 1.807) is 13.3 Å². The minimum atomic E-state index is -0.490. The molecule has 0 atom stereocenters. The number of rotatable bonds is 4. The van der Waals surface area contributed by atoms with Gasteiger partial charge in [0.2, 0.25) is 5.91 Å². The molecule has 0 bridgehead atoms. The molecule has 1 aromatic heterocycles. The minimum absolute atomic E-state index is 0.0834. The van der Waals surface area contributed by atoms with Crippen LogP contribution in [0, 0.1) is 5.41 Å². The summed E-state index contributed by atoms with van der Waals surface area (Å²) in [4.78, 5) is 16.5. The lowest BCUT2D eigenvalue weighted by Crippen LogP contribution is -2.28. The quantitative estimate of drug-likeness (QED) is 0.923. The van der Waals surface area contributed by atoms with Crippen molar-refractivity contribution in [2.75, 3.05) is 12.4 Å². The molecule has 0 fully saturated rings. The van der Waals surface area contributed by atoms with Crippen LogP contribution in [0.25, 0.3) is 5.57 Å². The van der Waals surface area contributed by atoms with E-state index in [-0.39, 0.29) is 5.91 Å². The van der Waals surface area contributed by atoms with Crippen molar-refractivity contribution in [3.8, 4) is 5.75 Å². The molecular weight excluding hydrogens is 288 g/mol. The molecule has 0 radical (unpaired) electrons. The van der Waals surface area contributed by atoms with Gasteiger partial charge in [-0.15, -0.1) is 0 Å². The molecule has 1 N–H and O–H groups in total. The highest BCUT2D eigenvalue weighted by molar-refractivity contribution is 5.97. The molecule has 2 rings (SSSR count). The van der Waals surface area contributed by atoms with Gasteiger partial charge in [-0.25, -0.2) is 4.98 Å². The summed E-state index contributed by atoms with van der Waals surface area (Å²) in [7, 11) is 1.63. The molecular formula is C19H22N2O2. The molecule has 2 aromatic rings. The molecule has 23 heavy (non-hydrogen) atoms. The average Bonchev–Trinajstić information content (AvgIpc) is 2.54. The maximum atomic E-state index is 12.2. The van der Waals surface area contributed by atoms with Gasteiger partial charge in [0.1, 0.15) is 11.6 Å². The van der Waals surface area contributed by atoms with Crippen molar-refractivity contribution in [1.29, 1.82) is 0 Å². The highest BCUT2D eigenvalue weighted by Crippen LogP contribution is 2.28. The summed E-state index contributed by atoms with van der Waals surface area (Å²) in [5.74, 6) is 1.22. The largest absolute Gasteiger partial charge is 0.497 e. The van der Waals surface area contributed by atoms with Gasteiger partial charge in [-0.05, 0) is 35.4 Å². The molecule has 1 amide bonds. The molecule has 0 saturated heterocycles. The molecule has 0 aliphatic heterocycles. The Morgan fingerprint density at radius 1 is 1.17 bits per heavy atom. The van der Waals surface area contributed by atoms with E-state index in [9.17, 15) is 4.79 Å². The Bertz CT molecular complexity index is 713. The first-order chi connectivity index (χ1) is 10.8. The summed E-state index contributed by atoms with van der Waals surface area (Å²) >= 11 is 0. The predicted octanol–water partition coefficient (Wildman–Crippen LogP) is 4.14. The molecule has 1 aromatic carbocycles. The first kappa shape index (κ1) is 16.7. The molecule has 4 heteroatoms. The Morgan fingerprint density at radius 2 is 1.83 bits per heavy atom.